The van der Waals surface area contributed by atoms with Crippen molar-refractivity contribution < 1.29 is 0 Å². The molecule has 8 rings (SSSR count). The summed E-state index contributed by atoms with van der Waals surface area (Å²) in [5.74, 6) is 0. The van der Waals surface area contributed by atoms with E-state index in [4.69, 9.17) is 0 Å². The highest BCUT2D eigenvalue weighted by Crippen LogP contribution is 2.34. The molecule has 0 saturated heterocycles. The number of hydrogen-bond donors (Lipinski definition) is 0. The Morgan fingerprint density at radius 1 is 0.372 bits per heavy atom. The number of rotatable bonds is 5. The van der Waals surface area contributed by atoms with Gasteiger partial charge in [-0.15, -0.1) is 0 Å². The maximum absolute atomic E-state index is 2.42. The van der Waals surface area contributed by atoms with Crippen molar-refractivity contribution in [2.24, 2.45) is 0 Å². The van der Waals surface area contributed by atoms with E-state index in [1.165, 1.54) is 82.0 Å². The third-order valence-electron chi connectivity index (χ3n) is 8.96. The lowest BCUT2D eigenvalue weighted by molar-refractivity contribution is 1.19. The highest BCUT2D eigenvalue weighted by Gasteiger charge is 2.12. The van der Waals surface area contributed by atoms with Crippen LogP contribution >= 0.6 is 0 Å². The highest BCUT2D eigenvalue weighted by atomic mass is 14.2. The van der Waals surface area contributed by atoms with Crippen molar-refractivity contribution in [1.82, 2.24) is 0 Å². The lowest BCUT2D eigenvalue weighted by Crippen LogP contribution is -1.95. The van der Waals surface area contributed by atoms with E-state index in [9.17, 15) is 0 Å². The van der Waals surface area contributed by atoms with Crippen LogP contribution in [-0.2, 0) is 12.8 Å². The van der Waals surface area contributed by atoms with Gasteiger partial charge in [0.25, 0.3) is 0 Å². The number of fused-ring (bicyclic) bond motifs is 6. The molecule has 0 bridgehead atoms. The zero-order valence-electron chi connectivity index (χ0n) is 24.3. The van der Waals surface area contributed by atoms with Crippen LogP contribution in [0.5, 0.6) is 0 Å². The van der Waals surface area contributed by atoms with Crippen LogP contribution in [0.4, 0.5) is 0 Å². The minimum atomic E-state index is 0.904. The second-order valence-electron chi connectivity index (χ2n) is 11.9. The second kappa shape index (κ2) is 10.6. The summed E-state index contributed by atoms with van der Waals surface area (Å²) in [6.07, 6.45) is 1.81. The SMILES string of the molecule is Cc1ccc(-c2ccccc2)c(Cc2ccc3cc(Cc4ccc5ccc6ccccc6c5c4)c4ccccc4c3c2)c1. The zero-order chi connectivity index (χ0) is 28.8. The largest absolute Gasteiger partial charge is 0.0622 e. The maximum Gasteiger partial charge on any atom is -0.00192 e. The van der Waals surface area contributed by atoms with E-state index in [0.29, 0.717) is 0 Å². The Morgan fingerprint density at radius 3 is 1.74 bits per heavy atom. The fraction of sp³-hybridized carbons (Fsp3) is 0.0698. The molecule has 8 aromatic rings. The van der Waals surface area contributed by atoms with E-state index < -0.39 is 0 Å². The van der Waals surface area contributed by atoms with Crippen molar-refractivity contribution in [2.75, 3.05) is 0 Å². The third-order valence-corrected chi connectivity index (χ3v) is 8.96. The molecular formula is C43H32. The summed E-state index contributed by atoms with van der Waals surface area (Å²) in [6, 6.07) is 56.1. The molecule has 0 aliphatic rings. The molecule has 0 saturated carbocycles. The number of aryl methyl sites for hydroxylation is 1. The van der Waals surface area contributed by atoms with Crippen molar-refractivity contribution in [1.29, 1.82) is 0 Å². The summed E-state index contributed by atoms with van der Waals surface area (Å²) in [5, 5.41) is 10.5. The molecule has 0 spiro atoms. The zero-order valence-corrected chi connectivity index (χ0v) is 24.3. The molecular weight excluding hydrogens is 516 g/mol. The molecule has 0 fully saturated rings. The van der Waals surface area contributed by atoms with Crippen molar-refractivity contribution >= 4 is 43.1 Å². The number of benzene rings is 8. The fourth-order valence-electron chi connectivity index (χ4n) is 6.85. The molecule has 0 nitrogen and oxygen atoms in total. The van der Waals surface area contributed by atoms with Gasteiger partial charge in [-0.3, -0.25) is 0 Å². The fourth-order valence-corrected chi connectivity index (χ4v) is 6.85. The molecule has 0 N–H and O–H groups in total. The van der Waals surface area contributed by atoms with Gasteiger partial charge in [-0.2, -0.15) is 0 Å². The summed E-state index contributed by atoms with van der Waals surface area (Å²) in [6.45, 7) is 2.19. The van der Waals surface area contributed by atoms with E-state index in [1.54, 1.807) is 0 Å². The first-order valence-corrected chi connectivity index (χ1v) is 15.2. The third kappa shape index (κ3) is 4.76. The van der Waals surface area contributed by atoms with Crippen molar-refractivity contribution in [2.45, 2.75) is 19.8 Å². The van der Waals surface area contributed by atoms with Crippen LogP contribution in [0, 0.1) is 6.92 Å². The molecule has 0 unspecified atom stereocenters. The minimum Gasteiger partial charge on any atom is -0.0622 e. The van der Waals surface area contributed by atoms with Gasteiger partial charge in [0.05, 0.1) is 0 Å². The highest BCUT2D eigenvalue weighted by molar-refractivity contribution is 6.10. The monoisotopic (exact) mass is 548 g/mol. The minimum absolute atomic E-state index is 0.904. The molecule has 0 heteroatoms. The molecule has 0 atom stereocenters. The van der Waals surface area contributed by atoms with Gasteiger partial charge >= 0.3 is 0 Å². The topological polar surface area (TPSA) is 0 Å². The first-order chi connectivity index (χ1) is 21.2. The average Bonchev–Trinajstić information content (AvgIpc) is 3.05. The smallest absolute Gasteiger partial charge is 0.00192 e. The molecule has 0 aliphatic heterocycles. The van der Waals surface area contributed by atoms with Crippen LogP contribution in [0.25, 0.3) is 54.2 Å². The normalized spacial score (nSPS) is 11.6. The van der Waals surface area contributed by atoms with Gasteiger partial charge < -0.3 is 0 Å². The Morgan fingerprint density at radius 2 is 0.953 bits per heavy atom. The van der Waals surface area contributed by atoms with Crippen LogP contribution in [0.1, 0.15) is 27.8 Å². The summed E-state index contributed by atoms with van der Waals surface area (Å²) in [5.41, 5.74) is 9.32. The Balaban J connectivity index is 1.20. The van der Waals surface area contributed by atoms with Crippen molar-refractivity contribution in [3.8, 4) is 11.1 Å². The maximum atomic E-state index is 2.42. The first kappa shape index (κ1) is 25.5. The van der Waals surface area contributed by atoms with Crippen LogP contribution in [0.2, 0.25) is 0 Å². The Kier molecular flexibility index (Phi) is 6.27. The summed E-state index contributed by atoms with van der Waals surface area (Å²) in [4.78, 5) is 0. The van der Waals surface area contributed by atoms with E-state index in [1.807, 2.05) is 0 Å². The lowest BCUT2D eigenvalue weighted by atomic mass is 9.90. The van der Waals surface area contributed by atoms with Crippen molar-refractivity contribution in [3.63, 3.8) is 0 Å². The van der Waals surface area contributed by atoms with Crippen molar-refractivity contribution in [3.05, 3.63) is 179 Å². The molecule has 8 aromatic carbocycles. The summed E-state index contributed by atoms with van der Waals surface area (Å²) < 4.78 is 0. The molecule has 0 heterocycles. The van der Waals surface area contributed by atoms with Crippen LogP contribution in [-0.4, -0.2) is 0 Å². The van der Waals surface area contributed by atoms with Gasteiger partial charge in [0.1, 0.15) is 0 Å². The van der Waals surface area contributed by atoms with Gasteiger partial charge in [0.15, 0.2) is 0 Å². The molecule has 204 valence electrons. The Hall–Kier alpha value is -5.20. The summed E-state index contributed by atoms with van der Waals surface area (Å²) in [7, 11) is 0. The van der Waals surface area contributed by atoms with Crippen LogP contribution in [0.3, 0.4) is 0 Å². The van der Waals surface area contributed by atoms with Gasteiger partial charge in [-0.1, -0.05) is 157 Å². The van der Waals surface area contributed by atoms with Crippen LogP contribution < -0.4 is 0 Å². The average molecular weight is 549 g/mol. The quantitative estimate of drug-likeness (QED) is 0.188. The Bertz CT molecular complexity index is 2290. The molecule has 0 radical (unpaired) electrons. The predicted molar refractivity (Wildman–Crippen MR) is 185 cm³/mol. The lowest BCUT2D eigenvalue weighted by Gasteiger charge is -2.15. The first-order valence-electron chi connectivity index (χ1n) is 15.2. The summed E-state index contributed by atoms with van der Waals surface area (Å²) >= 11 is 0. The van der Waals surface area contributed by atoms with E-state index >= 15 is 0 Å². The molecule has 0 aliphatic carbocycles. The van der Waals surface area contributed by atoms with Gasteiger partial charge in [0, 0.05) is 0 Å². The van der Waals surface area contributed by atoms with E-state index in [2.05, 4.69) is 159 Å². The molecule has 0 aromatic heterocycles. The molecule has 43 heavy (non-hydrogen) atoms. The standard InChI is InChI=1S/C43H32/c1-29-15-22-38(32-9-3-2-4-10-32)36(23-29)24-31-17-19-35-28-37(40-13-7-8-14-41(40)43(35)27-31)25-30-16-18-34-21-20-33-11-5-6-12-39(33)42(34)26-30/h2-23,26-28H,24-25H2,1H3. The van der Waals surface area contributed by atoms with Gasteiger partial charge in [0.2, 0.25) is 0 Å². The Labute approximate surface area is 252 Å². The second-order valence-corrected chi connectivity index (χ2v) is 11.9. The van der Waals surface area contributed by atoms with E-state index in [0.717, 1.165) is 12.8 Å². The molecule has 0 amide bonds. The van der Waals surface area contributed by atoms with E-state index in [-0.39, 0.29) is 0 Å². The van der Waals surface area contributed by atoms with Gasteiger partial charge in [-0.25, -0.2) is 0 Å². The van der Waals surface area contributed by atoms with Gasteiger partial charge in [-0.05, 0) is 96.2 Å². The van der Waals surface area contributed by atoms with Crippen LogP contribution in [0.15, 0.2) is 152 Å². The predicted octanol–water partition coefficient (Wildman–Crippen LogP) is 11.5. The number of hydrogen-bond acceptors (Lipinski definition) is 0.